The van der Waals surface area contributed by atoms with Crippen molar-refractivity contribution in [2.24, 2.45) is 0 Å². The molecule has 1 aromatic heterocycles. The number of ether oxygens (including phenoxy) is 2. The van der Waals surface area contributed by atoms with Gasteiger partial charge in [-0.3, -0.25) is 0 Å². The van der Waals surface area contributed by atoms with Gasteiger partial charge in [-0.15, -0.1) is 11.3 Å². The molecule has 0 unspecified atom stereocenters. The Balaban J connectivity index is 1.44. The first kappa shape index (κ1) is 23.6. The number of hydrogen-bond donors (Lipinski definition) is 0. The van der Waals surface area contributed by atoms with E-state index in [1.165, 1.54) is 23.8 Å². The lowest BCUT2D eigenvalue weighted by molar-refractivity contribution is 0.385. The molecule has 0 spiro atoms. The normalized spacial score (nSPS) is 15.0. The van der Waals surface area contributed by atoms with E-state index in [2.05, 4.69) is 42.3 Å². The first-order valence-electron chi connectivity index (χ1n) is 11.0. The molecule has 3 aromatic rings. The third kappa shape index (κ3) is 5.01. The van der Waals surface area contributed by atoms with E-state index in [1.807, 2.05) is 0 Å². The highest BCUT2D eigenvalue weighted by Gasteiger charge is 2.34. The van der Waals surface area contributed by atoms with Crippen LogP contribution in [0.15, 0.2) is 46.7 Å². The summed E-state index contributed by atoms with van der Waals surface area (Å²) in [5.41, 5.74) is 4.88. The van der Waals surface area contributed by atoms with Gasteiger partial charge in [0.2, 0.25) is 0 Å². The number of piperidine rings is 1. The van der Waals surface area contributed by atoms with E-state index in [-0.39, 0.29) is 4.90 Å². The van der Waals surface area contributed by atoms with Crippen molar-refractivity contribution in [3.63, 3.8) is 0 Å². The number of methoxy groups -OCH3 is 2. The second-order valence-electron chi connectivity index (χ2n) is 8.48. The van der Waals surface area contributed by atoms with Crippen molar-refractivity contribution in [3.05, 3.63) is 64.2 Å². The van der Waals surface area contributed by atoms with Gasteiger partial charge in [-0.25, -0.2) is 13.4 Å². The number of benzene rings is 2. The lowest BCUT2D eigenvalue weighted by Gasteiger charge is -2.31. The van der Waals surface area contributed by atoms with Gasteiger partial charge in [-0.05, 0) is 49.9 Å². The molecule has 0 amide bonds. The van der Waals surface area contributed by atoms with E-state index in [9.17, 15) is 8.42 Å². The van der Waals surface area contributed by atoms with Gasteiger partial charge in [0.1, 0.15) is 16.4 Å². The van der Waals surface area contributed by atoms with Gasteiger partial charge in [0, 0.05) is 31.0 Å². The fraction of sp³-hybridized carbons (Fsp3) is 0.400. The number of rotatable bonds is 7. The van der Waals surface area contributed by atoms with Crippen LogP contribution in [-0.2, 0) is 16.3 Å². The zero-order valence-electron chi connectivity index (χ0n) is 19.5. The molecule has 0 bridgehead atoms. The summed E-state index contributed by atoms with van der Waals surface area (Å²) < 4.78 is 37.2. The molecule has 0 radical (unpaired) electrons. The molecule has 0 saturated carbocycles. The molecular formula is C25H30N2O4S2. The SMILES string of the molecule is COc1ccc(S(=O)(=O)C2CCN(c3nc(Cc4cc(C)ccc4C)cs3)CC2)c(OC)c1. The van der Waals surface area contributed by atoms with Crippen LogP contribution in [0.2, 0.25) is 0 Å². The van der Waals surface area contributed by atoms with Gasteiger partial charge in [-0.1, -0.05) is 23.8 Å². The van der Waals surface area contributed by atoms with Crippen LogP contribution in [0.25, 0.3) is 0 Å². The monoisotopic (exact) mass is 486 g/mol. The Hall–Kier alpha value is -2.58. The van der Waals surface area contributed by atoms with Crippen LogP contribution in [0.3, 0.4) is 0 Å². The molecule has 4 rings (SSSR count). The van der Waals surface area contributed by atoms with Crippen molar-refractivity contribution in [2.45, 2.75) is 43.3 Å². The molecule has 1 saturated heterocycles. The standard InChI is InChI=1S/C25H30N2O4S2/c1-17-5-6-18(2)19(13-17)14-20-16-32-25(26-20)27-11-9-22(10-12-27)33(28,29)24-8-7-21(30-3)15-23(24)31-4/h5-8,13,15-16,22H,9-12,14H2,1-4H3. The summed E-state index contributed by atoms with van der Waals surface area (Å²) in [6.07, 6.45) is 1.93. The van der Waals surface area contributed by atoms with Crippen molar-refractivity contribution in [2.75, 3.05) is 32.2 Å². The summed E-state index contributed by atoms with van der Waals surface area (Å²) >= 11 is 1.63. The predicted octanol–water partition coefficient (Wildman–Crippen LogP) is 4.81. The summed E-state index contributed by atoms with van der Waals surface area (Å²) in [5.74, 6) is 0.897. The molecule has 1 fully saturated rings. The molecule has 176 valence electrons. The maximum atomic E-state index is 13.3. The largest absolute Gasteiger partial charge is 0.497 e. The van der Waals surface area contributed by atoms with Crippen LogP contribution in [0.1, 0.15) is 35.2 Å². The second kappa shape index (κ2) is 9.73. The Morgan fingerprint density at radius 3 is 2.52 bits per heavy atom. The Labute approximate surface area is 200 Å². The smallest absolute Gasteiger partial charge is 0.185 e. The summed E-state index contributed by atoms with van der Waals surface area (Å²) in [4.78, 5) is 7.29. The fourth-order valence-electron chi connectivity index (χ4n) is 4.26. The van der Waals surface area contributed by atoms with Crippen LogP contribution in [0.5, 0.6) is 11.5 Å². The second-order valence-corrected chi connectivity index (χ2v) is 11.5. The number of nitrogens with zero attached hydrogens (tertiary/aromatic N) is 2. The molecule has 0 aliphatic carbocycles. The molecule has 0 atom stereocenters. The van der Waals surface area contributed by atoms with Crippen LogP contribution in [-0.4, -0.2) is 46.0 Å². The highest BCUT2D eigenvalue weighted by Crippen LogP contribution is 2.35. The average molecular weight is 487 g/mol. The number of thiazole rings is 1. The van der Waals surface area contributed by atoms with E-state index in [4.69, 9.17) is 14.5 Å². The van der Waals surface area contributed by atoms with Crippen LogP contribution in [0.4, 0.5) is 5.13 Å². The summed E-state index contributed by atoms with van der Waals surface area (Å²) in [5, 5.41) is 2.64. The van der Waals surface area contributed by atoms with E-state index in [0.29, 0.717) is 37.4 Å². The van der Waals surface area contributed by atoms with Gasteiger partial charge in [-0.2, -0.15) is 0 Å². The minimum Gasteiger partial charge on any atom is -0.497 e. The third-order valence-electron chi connectivity index (χ3n) is 6.24. The van der Waals surface area contributed by atoms with Crippen LogP contribution >= 0.6 is 11.3 Å². The molecule has 2 heterocycles. The molecule has 0 N–H and O–H groups in total. The quantitative estimate of drug-likeness (QED) is 0.477. The Morgan fingerprint density at radius 2 is 1.82 bits per heavy atom. The maximum Gasteiger partial charge on any atom is 0.185 e. The van der Waals surface area contributed by atoms with E-state index in [1.54, 1.807) is 36.6 Å². The maximum absolute atomic E-state index is 13.3. The molecule has 2 aromatic carbocycles. The highest BCUT2D eigenvalue weighted by molar-refractivity contribution is 7.92. The topological polar surface area (TPSA) is 68.7 Å². The minimum absolute atomic E-state index is 0.231. The first-order chi connectivity index (χ1) is 15.8. The van der Waals surface area contributed by atoms with Crippen molar-refractivity contribution in [3.8, 4) is 11.5 Å². The molecule has 6 nitrogen and oxygen atoms in total. The summed E-state index contributed by atoms with van der Waals surface area (Å²) in [7, 11) is -0.477. The molecule has 8 heteroatoms. The lowest BCUT2D eigenvalue weighted by Crippen LogP contribution is -2.39. The van der Waals surface area contributed by atoms with E-state index in [0.717, 1.165) is 17.2 Å². The minimum atomic E-state index is -3.50. The zero-order valence-corrected chi connectivity index (χ0v) is 21.1. The van der Waals surface area contributed by atoms with E-state index >= 15 is 0 Å². The Morgan fingerprint density at radius 1 is 1.06 bits per heavy atom. The van der Waals surface area contributed by atoms with Crippen LogP contribution in [0, 0.1) is 13.8 Å². The number of sulfone groups is 1. The predicted molar refractivity (Wildman–Crippen MR) is 133 cm³/mol. The highest BCUT2D eigenvalue weighted by atomic mass is 32.2. The average Bonchev–Trinajstić information content (AvgIpc) is 3.29. The Kier molecular flexibility index (Phi) is 6.95. The van der Waals surface area contributed by atoms with Crippen molar-refractivity contribution in [1.82, 2.24) is 4.98 Å². The van der Waals surface area contributed by atoms with Crippen molar-refractivity contribution in [1.29, 1.82) is 0 Å². The van der Waals surface area contributed by atoms with Crippen molar-refractivity contribution < 1.29 is 17.9 Å². The number of aromatic nitrogens is 1. The zero-order chi connectivity index (χ0) is 23.6. The molecular weight excluding hydrogens is 456 g/mol. The van der Waals surface area contributed by atoms with Gasteiger partial charge in [0.15, 0.2) is 15.0 Å². The van der Waals surface area contributed by atoms with Crippen LogP contribution < -0.4 is 14.4 Å². The van der Waals surface area contributed by atoms with Gasteiger partial charge < -0.3 is 14.4 Å². The Bertz CT molecular complexity index is 1230. The molecule has 1 aliphatic heterocycles. The van der Waals surface area contributed by atoms with Crippen molar-refractivity contribution >= 4 is 26.3 Å². The first-order valence-corrected chi connectivity index (χ1v) is 13.5. The van der Waals surface area contributed by atoms with Gasteiger partial charge >= 0.3 is 0 Å². The number of anilines is 1. The molecule has 33 heavy (non-hydrogen) atoms. The number of aryl methyl sites for hydroxylation is 2. The van der Waals surface area contributed by atoms with Gasteiger partial charge in [0.25, 0.3) is 0 Å². The number of hydrogen-bond acceptors (Lipinski definition) is 7. The summed E-state index contributed by atoms with van der Waals surface area (Å²) in [6, 6.07) is 11.4. The van der Waals surface area contributed by atoms with E-state index < -0.39 is 15.1 Å². The third-order valence-corrected chi connectivity index (χ3v) is 9.49. The summed E-state index contributed by atoms with van der Waals surface area (Å²) in [6.45, 7) is 5.57. The fourth-order valence-corrected chi connectivity index (χ4v) is 7.01. The molecule has 1 aliphatic rings. The van der Waals surface area contributed by atoms with Gasteiger partial charge in [0.05, 0.1) is 25.2 Å². The lowest BCUT2D eigenvalue weighted by atomic mass is 10.0.